The fraction of sp³-hybridized carbons (Fsp3) is 0.0833. The minimum Gasteiger partial charge on any atom is -0.492 e. The van der Waals surface area contributed by atoms with E-state index in [-0.39, 0.29) is 11.0 Å². The molecule has 0 atom stereocenters. The summed E-state index contributed by atoms with van der Waals surface area (Å²) in [6.07, 6.45) is 0. The van der Waals surface area contributed by atoms with E-state index in [1.54, 1.807) is 19.1 Å². The van der Waals surface area contributed by atoms with Crippen molar-refractivity contribution in [1.29, 1.82) is 0 Å². The first-order valence-corrected chi connectivity index (χ1v) is 6.50. The van der Waals surface area contributed by atoms with Crippen molar-refractivity contribution >= 4 is 33.9 Å². The topological polar surface area (TPSA) is 113 Å². The van der Waals surface area contributed by atoms with Gasteiger partial charge < -0.3 is 16.2 Å². The van der Waals surface area contributed by atoms with Crippen molar-refractivity contribution in [3.05, 3.63) is 35.2 Å². The standard InChI is InChI=1S/C12H13N5O2S/c1-7(9-10(18)15-11(13)20-9)16-17-12(19)14-8-5-3-2-4-6-8/h2-6,18H,1H3,(H2,13,15)(H2,14,17,19)/b16-7+. The van der Waals surface area contributed by atoms with Crippen LogP contribution < -0.4 is 16.5 Å². The molecule has 0 saturated carbocycles. The number of nitrogen functional groups attached to an aromatic ring is 1. The highest BCUT2D eigenvalue weighted by Gasteiger charge is 2.11. The monoisotopic (exact) mass is 291 g/mol. The smallest absolute Gasteiger partial charge is 0.339 e. The highest BCUT2D eigenvalue weighted by molar-refractivity contribution is 7.17. The molecule has 1 heterocycles. The Bertz CT molecular complexity index is 639. The fourth-order valence-corrected chi connectivity index (χ4v) is 2.10. The predicted octanol–water partition coefficient (Wildman–Crippen LogP) is 1.98. The molecular formula is C12H13N5O2S. The second-order valence-electron chi connectivity index (χ2n) is 3.83. The van der Waals surface area contributed by atoms with Crippen LogP contribution in [0.2, 0.25) is 0 Å². The van der Waals surface area contributed by atoms with Crippen LogP contribution in [0.15, 0.2) is 35.4 Å². The molecule has 0 saturated heterocycles. The normalized spacial score (nSPS) is 11.2. The summed E-state index contributed by atoms with van der Waals surface area (Å²) in [5, 5.41) is 16.2. The van der Waals surface area contributed by atoms with E-state index in [4.69, 9.17) is 5.73 Å². The number of thiazole rings is 1. The third-order valence-electron chi connectivity index (χ3n) is 2.31. The molecule has 0 spiro atoms. The van der Waals surface area contributed by atoms with Gasteiger partial charge in [0.05, 0.1) is 5.71 Å². The van der Waals surface area contributed by atoms with Crippen LogP contribution in [-0.2, 0) is 0 Å². The Morgan fingerprint density at radius 1 is 1.40 bits per heavy atom. The van der Waals surface area contributed by atoms with Gasteiger partial charge >= 0.3 is 6.03 Å². The number of urea groups is 1. The average Bonchev–Trinajstić information content (AvgIpc) is 2.76. The molecule has 0 aliphatic rings. The molecule has 5 N–H and O–H groups in total. The Kier molecular flexibility index (Phi) is 4.16. The number of para-hydroxylation sites is 1. The second-order valence-corrected chi connectivity index (χ2v) is 4.86. The predicted molar refractivity (Wildman–Crippen MR) is 79.0 cm³/mol. The van der Waals surface area contributed by atoms with Crippen LogP contribution in [0.5, 0.6) is 5.88 Å². The zero-order chi connectivity index (χ0) is 14.5. The lowest BCUT2D eigenvalue weighted by atomic mass is 10.3. The van der Waals surface area contributed by atoms with Crippen molar-refractivity contribution < 1.29 is 9.90 Å². The van der Waals surface area contributed by atoms with Crippen LogP contribution in [0.1, 0.15) is 11.8 Å². The van der Waals surface area contributed by atoms with Crippen LogP contribution in [0.25, 0.3) is 0 Å². The molecule has 7 nitrogen and oxygen atoms in total. The summed E-state index contributed by atoms with van der Waals surface area (Å²) < 4.78 is 0. The first-order chi connectivity index (χ1) is 9.56. The lowest BCUT2D eigenvalue weighted by Gasteiger charge is -2.04. The number of hydrazone groups is 1. The minimum absolute atomic E-state index is 0.195. The van der Waals surface area contributed by atoms with Gasteiger partial charge in [-0.15, -0.1) is 0 Å². The van der Waals surface area contributed by atoms with Gasteiger partial charge in [-0.05, 0) is 19.1 Å². The molecule has 2 amide bonds. The van der Waals surface area contributed by atoms with Crippen molar-refractivity contribution in [2.45, 2.75) is 6.92 Å². The fourth-order valence-electron chi connectivity index (χ4n) is 1.43. The van der Waals surface area contributed by atoms with E-state index in [0.717, 1.165) is 11.3 Å². The van der Waals surface area contributed by atoms with Crippen molar-refractivity contribution in [1.82, 2.24) is 10.4 Å². The quantitative estimate of drug-likeness (QED) is 0.511. The Balaban J connectivity index is 1.98. The van der Waals surface area contributed by atoms with E-state index >= 15 is 0 Å². The third-order valence-corrected chi connectivity index (χ3v) is 3.29. The summed E-state index contributed by atoms with van der Waals surface area (Å²) >= 11 is 1.09. The molecule has 0 aliphatic heterocycles. The van der Waals surface area contributed by atoms with Crippen LogP contribution in [-0.4, -0.2) is 21.8 Å². The lowest BCUT2D eigenvalue weighted by molar-refractivity contribution is 0.252. The first-order valence-electron chi connectivity index (χ1n) is 5.68. The Morgan fingerprint density at radius 2 is 2.10 bits per heavy atom. The maximum atomic E-state index is 11.6. The van der Waals surface area contributed by atoms with E-state index in [9.17, 15) is 9.90 Å². The maximum absolute atomic E-state index is 11.6. The van der Waals surface area contributed by atoms with Gasteiger partial charge in [-0.2, -0.15) is 10.1 Å². The van der Waals surface area contributed by atoms with Crippen LogP contribution >= 0.6 is 11.3 Å². The summed E-state index contributed by atoms with van der Waals surface area (Å²) in [5.41, 5.74) is 8.87. The largest absolute Gasteiger partial charge is 0.492 e. The summed E-state index contributed by atoms with van der Waals surface area (Å²) in [4.78, 5) is 15.7. The highest BCUT2D eigenvalue weighted by Crippen LogP contribution is 2.26. The van der Waals surface area contributed by atoms with Crippen LogP contribution in [0.3, 0.4) is 0 Å². The van der Waals surface area contributed by atoms with Gasteiger partial charge in [0.1, 0.15) is 4.88 Å². The number of benzene rings is 1. The van der Waals surface area contributed by atoms with Gasteiger partial charge in [0.15, 0.2) is 5.13 Å². The number of rotatable bonds is 3. The number of carbonyl (C=O) groups is 1. The van der Waals surface area contributed by atoms with E-state index in [2.05, 4.69) is 20.8 Å². The molecule has 0 fully saturated rings. The molecule has 0 radical (unpaired) electrons. The highest BCUT2D eigenvalue weighted by atomic mass is 32.1. The van der Waals surface area contributed by atoms with Gasteiger partial charge in [-0.25, -0.2) is 10.2 Å². The second kappa shape index (κ2) is 6.02. The van der Waals surface area contributed by atoms with E-state index in [1.807, 2.05) is 18.2 Å². The molecule has 1 aromatic carbocycles. The first kappa shape index (κ1) is 13.8. The molecule has 2 aromatic rings. The van der Waals surface area contributed by atoms with Crippen LogP contribution in [0, 0.1) is 0 Å². The van der Waals surface area contributed by atoms with E-state index in [0.29, 0.717) is 16.3 Å². The van der Waals surface area contributed by atoms with E-state index < -0.39 is 6.03 Å². The van der Waals surface area contributed by atoms with Gasteiger partial charge in [0.2, 0.25) is 5.88 Å². The Morgan fingerprint density at radius 3 is 2.70 bits per heavy atom. The van der Waals surface area contributed by atoms with Crippen molar-refractivity contribution in [2.24, 2.45) is 5.10 Å². The van der Waals surface area contributed by atoms with Crippen molar-refractivity contribution in [3.63, 3.8) is 0 Å². The molecule has 2 rings (SSSR count). The summed E-state index contributed by atoms with van der Waals surface area (Å²) in [6, 6.07) is 8.50. The number of aromatic hydroxyl groups is 1. The number of amides is 2. The number of nitrogens with one attached hydrogen (secondary N) is 2. The number of aromatic nitrogens is 1. The summed E-state index contributed by atoms with van der Waals surface area (Å²) in [6.45, 7) is 1.63. The number of nitrogens with zero attached hydrogens (tertiary/aromatic N) is 2. The molecule has 8 heteroatoms. The molecule has 1 aromatic heterocycles. The van der Waals surface area contributed by atoms with Gasteiger partial charge in [-0.1, -0.05) is 29.5 Å². The summed E-state index contributed by atoms with van der Waals surface area (Å²) in [7, 11) is 0. The zero-order valence-electron chi connectivity index (χ0n) is 10.6. The molecular weight excluding hydrogens is 278 g/mol. The average molecular weight is 291 g/mol. The molecule has 0 bridgehead atoms. The molecule has 104 valence electrons. The maximum Gasteiger partial charge on any atom is 0.339 e. The van der Waals surface area contributed by atoms with Gasteiger partial charge in [0, 0.05) is 5.69 Å². The number of carbonyl (C=O) groups excluding carboxylic acids is 1. The zero-order valence-corrected chi connectivity index (χ0v) is 11.4. The Labute approximate surface area is 119 Å². The molecule has 0 unspecified atom stereocenters. The number of hydrogen-bond acceptors (Lipinski definition) is 6. The number of nitrogens with two attached hydrogens (primary N) is 1. The van der Waals surface area contributed by atoms with Crippen molar-refractivity contribution in [2.75, 3.05) is 11.1 Å². The van der Waals surface area contributed by atoms with Gasteiger partial charge in [0.25, 0.3) is 0 Å². The van der Waals surface area contributed by atoms with Crippen molar-refractivity contribution in [3.8, 4) is 5.88 Å². The lowest BCUT2D eigenvalue weighted by Crippen LogP contribution is -2.25. The van der Waals surface area contributed by atoms with E-state index in [1.165, 1.54) is 0 Å². The minimum atomic E-state index is -0.479. The van der Waals surface area contributed by atoms with Gasteiger partial charge in [-0.3, -0.25) is 0 Å². The third kappa shape index (κ3) is 3.45. The van der Waals surface area contributed by atoms with Crippen LogP contribution in [0.4, 0.5) is 15.6 Å². The SMILES string of the molecule is C/C(=N\NC(=O)Nc1ccccc1)c1sc(N)nc1O. The molecule has 20 heavy (non-hydrogen) atoms. The molecule has 0 aliphatic carbocycles. The number of hydrogen-bond donors (Lipinski definition) is 4. The Hall–Kier alpha value is -2.61. The number of anilines is 2. The summed E-state index contributed by atoms with van der Waals surface area (Å²) in [5.74, 6) is -0.195.